The van der Waals surface area contributed by atoms with Crippen molar-refractivity contribution in [3.63, 3.8) is 0 Å². The molecule has 1 fully saturated rings. The molecular formula is C13H16F3N3O2. The molecule has 0 aromatic heterocycles. The van der Waals surface area contributed by atoms with Crippen molar-refractivity contribution in [2.24, 2.45) is 0 Å². The normalized spacial score (nSPS) is 20.2. The number of anilines is 1. The number of benzene rings is 1. The fourth-order valence-electron chi connectivity index (χ4n) is 2.55. The predicted molar refractivity (Wildman–Crippen MR) is 72.2 cm³/mol. The summed E-state index contributed by atoms with van der Waals surface area (Å²) in [5.74, 6) is 0. The highest BCUT2D eigenvalue weighted by molar-refractivity contribution is 5.61. The van der Waals surface area contributed by atoms with Crippen molar-refractivity contribution in [2.45, 2.75) is 25.1 Å². The smallest absolute Gasteiger partial charge is 0.375 e. The lowest BCUT2D eigenvalue weighted by atomic mass is 10.1. The van der Waals surface area contributed by atoms with Crippen molar-refractivity contribution in [3.8, 4) is 0 Å². The lowest BCUT2D eigenvalue weighted by Gasteiger charge is -2.33. The highest BCUT2D eigenvalue weighted by atomic mass is 19.4. The van der Waals surface area contributed by atoms with Gasteiger partial charge in [0.2, 0.25) is 0 Å². The second-order valence-corrected chi connectivity index (χ2v) is 5.11. The van der Waals surface area contributed by atoms with Gasteiger partial charge in [-0.15, -0.1) is 0 Å². The number of nitrogens with one attached hydrogen (secondary N) is 1. The van der Waals surface area contributed by atoms with Crippen LogP contribution in [0, 0.1) is 10.1 Å². The first kappa shape index (κ1) is 15.6. The molecule has 5 nitrogen and oxygen atoms in total. The van der Waals surface area contributed by atoms with Gasteiger partial charge in [0, 0.05) is 18.7 Å². The van der Waals surface area contributed by atoms with Crippen LogP contribution in [0.1, 0.15) is 12.8 Å². The van der Waals surface area contributed by atoms with Gasteiger partial charge >= 0.3 is 6.18 Å². The van der Waals surface area contributed by atoms with Crippen LogP contribution in [0.15, 0.2) is 24.3 Å². The van der Waals surface area contributed by atoms with E-state index in [-0.39, 0.29) is 18.3 Å². The number of alkyl halides is 3. The molecule has 8 heteroatoms. The van der Waals surface area contributed by atoms with Gasteiger partial charge in [0.1, 0.15) is 5.69 Å². The van der Waals surface area contributed by atoms with E-state index in [0.29, 0.717) is 25.1 Å². The highest BCUT2D eigenvalue weighted by Crippen LogP contribution is 2.26. The molecule has 0 saturated carbocycles. The van der Waals surface area contributed by atoms with Gasteiger partial charge in [-0.3, -0.25) is 15.0 Å². The highest BCUT2D eigenvalue weighted by Gasteiger charge is 2.33. The van der Waals surface area contributed by atoms with Crippen LogP contribution in [0.2, 0.25) is 0 Å². The van der Waals surface area contributed by atoms with Crippen LogP contribution in [-0.2, 0) is 0 Å². The number of nitro groups is 1. The number of piperidine rings is 1. The van der Waals surface area contributed by atoms with Gasteiger partial charge < -0.3 is 5.32 Å². The van der Waals surface area contributed by atoms with Gasteiger partial charge in [0.15, 0.2) is 0 Å². The number of hydrogen-bond acceptors (Lipinski definition) is 4. The lowest BCUT2D eigenvalue weighted by Crippen LogP contribution is -2.45. The SMILES string of the molecule is O=[N+]([O-])c1ccccc1N[C@H]1CCCN(CC(F)(F)F)C1. The maximum Gasteiger partial charge on any atom is 0.401 e. The fourth-order valence-corrected chi connectivity index (χ4v) is 2.55. The molecule has 1 aliphatic heterocycles. The maximum atomic E-state index is 12.4. The number of hydrogen-bond donors (Lipinski definition) is 1. The average Bonchev–Trinajstić information content (AvgIpc) is 2.37. The Morgan fingerprint density at radius 3 is 2.76 bits per heavy atom. The van der Waals surface area contributed by atoms with Crippen LogP contribution in [0.3, 0.4) is 0 Å². The molecule has 2 rings (SSSR count). The van der Waals surface area contributed by atoms with Gasteiger partial charge in [-0.2, -0.15) is 13.2 Å². The number of likely N-dealkylation sites (tertiary alicyclic amines) is 1. The van der Waals surface area contributed by atoms with E-state index in [4.69, 9.17) is 0 Å². The van der Waals surface area contributed by atoms with E-state index in [1.165, 1.54) is 11.0 Å². The average molecular weight is 303 g/mol. The van der Waals surface area contributed by atoms with E-state index in [1.807, 2.05) is 0 Å². The summed E-state index contributed by atoms with van der Waals surface area (Å²) >= 11 is 0. The molecule has 0 aliphatic carbocycles. The number of rotatable bonds is 4. The Hall–Kier alpha value is -1.83. The fraction of sp³-hybridized carbons (Fsp3) is 0.538. The monoisotopic (exact) mass is 303 g/mol. The second kappa shape index (κ2) is 6.30. The summed E-state index contributed by atoms with van der Waals surface area (Å²) in [5.41, 5.74) is 0.284. The Morgan fingerprint density at radius 2 is 2.10 bits per heavy atom. The summed E-state index contributed by atoms with van der Waals surface area (Å²) in [6.07, 6.45) is -2.89. The lowest BCUT2D eigenvalue weighted by molar-refractivity contribution is -0.384. The van der Waals surface area contributed by atoms with E-state index in [9.17, 15) is 23.3 Å². The molecule has 1 aromatic carbocycles. The van der Waals surface area contributed by atoms with Crippen LogP contribution >= 0.6 is 0 Å². The van der Waals surface area contributed by atoms with Crippen molar-refractivity contribution in [3.05, 3.63) is 34.4 Å². The Bertz CT molecular complexity index is 508. The molecule has 0 spiro atoms. The van der Waals surface area contributed by atoms with Gasteiger partial charge in [0.25, 0.3) is 5.69 Å². The van der Waals surface area contributed by atoms with Crippen molar-refractivity contribution in [1.29, 1.82) is 0 Å². The first-order valence-electron chi connectivity index (χ1n) is 6.64. The van der Waals surface area contributed by atoms with E-state index in [2.05, 4.69) is 5.32 Å². The largest absolute Gasteiger partial charge is 0.401 e. The van der Waals surface area contributed by atoms with Crippen molar-refractivity contribution < 1.29 is 18.1 Å². The molecular weight excluding hydrogens is 287 g/mol. The molecule has 1 N–H and O–H groups in total. The Kier molecular flexibility index (Phi) is 4.66. The van der Waals surface area contributed by atoms with Crippen LogP contribution < -0.4 is 5.32 Å². The molecule has 0 amide bonds. The van der Waals surface area contributed by atoms with E-state index >= 15 is 0 Å². The van der Waals surface area contributed by atoms with Crippen LogP contribution in [0.25, 0.3) is 0 Å². The number of nitro benzene ring substituents is 1. The first-order chi connectivity index (χ1) is 9.85. The first-order valence-corrected chi connectivity index (χ1v) is 6.64. The third kappa shape index (κ3) is 4.59. The Labute approximate surface area is 119 Å². The summed E-state index contributed by atoms with van der Waals surface area (Å²) in [5, 5.41) is 13.9. The van der Waals surface area contributed by atoms with E-state index in [1.54, 1.807) is 18.2 Å². The molecule has 0 bridgehead atoms. The summed E-state index contributed by atoms with van der Waals surface area (Å²) in [6.45, 7) is -0.317. The van der Waals surface area contributed by atoms with Crippen molar-refractivity contribution in [1.82, 2.24) is 4.90 Å². The molecule has 1 heterocycles. The Morgan fingerprint density at radius 1 is 1.38 bits per heavy atom. The van der Waals surface area contributed by atoms with Gasteiger partial charge in [-0.05, 0) is 25.5 Å². The zero-order valence-corrected chi connectivity index (χ0v) is 11.3. The quantitative estimate of drug-likeness (QED) is 0.686. The van der Waals surface area contributed by atoms with E-state index < -0.39 is 17.6 Å². The zero-order chi connectivity index (χ0) is 15.5. The summed E-state index contributed by atoms with van der Waals surface area (Å²) < 4.78 is 37.2. The molecule has 1 atom stereocenters. The minimum atomic E-state index is -4.22. The van der Waals surface area contributed by atoms with Gasteiger partial charge in [-0.25, -0.2) is 0 Å². The molecule has 116 valence electrons. The number of para-hydroxylation sites is 2. The van der Waals surface area contributed by atoms with Crippen LogP contribution in [-0.4, -0.2) is 41.7 Å². The van der Waals surface area contributed by atoms with Crippen LogP contribution in [0.4, 0.5) is 24.5 Å². The third-order valence-electron chi connectivity index (χ3n) is 3.37. The van der Waals surface area contributed by atoms with Crippen molar-refractivity contribution in [2.75, 3.05) is 25.0 Å². The molecule has 0 radical (unpaired) electrons. The van der Waals surface area contributed by atoms with E-state index in [0.717, 1.165) is 0 Å². The molecule has 1 saturated heterocycles. The molecule has 1 aliphatic rings. The summed E-state index contributed by atoms with van der Waals surface area (Å²) in [4.78, 5) is 11.7. The second-order valence-electron chi connectivity index (χ2n) is 5.11. The molecule has 21 heavy (non-hydrogen) atoms. The summed E-state index contributed by atoms with van der Waals surface area (Å²) in [7, 11) is 0. The minimum absolute atomic E-state index is 0.0644. The third-order valence-corrected chi connectivity index (χ3v) is 3.37. The molecule has 1 aromatic rings. The Balaban J connectivity index is 2.01. The minimum Gasteiger partial charge on any atom is -0.375 e. The topological polar surface area (TPSA) is 58.4 Å². The van der Waals surface area contributed by atoms with Crippen molar-refractivity contribution >= 4 is 11.4 Å². The van der Waals surface area contributed by atoms with Crippen LogP contribution in [0.5, 0.6) is 0 Å². The molecule has 0 unspecified atom stereocenters. The summed E-state index contributed by atoms with van der Waals surface area (Å²) in [6, 6.07) is 5.94. The number of nitrogens with zero attached hydrogens (tertiary/aromatic N) is 2. The van der Waals surface area contributed by atoms with Gasteiger partial charge in [0.05, 0.1) is 11.5 Å². The standard InChI is InChI=1S/C13H16F3N3O2/c14-13(15,16)9-18-7-3-4-10(8-18)17-11-5-1-2-6-12(11)19(20)21/h1-2,5-6,10,17H,3-4,7-9H2/t10-/m0/s1. The van der Waals surface area contributed by atoms with Gasteiger partial charge in [-0.1, -0.05) is 12.1 Å². The maximum absolute atomic E-state index is 12.4. The zero-order valence-electron chi connectivity index (χ0n) is 11.3. The number of halogens is 3. The predicted octanol–water partition coefficient (Wildman–Crippen LogP) is 3.03.